The fourth-order valence-corrected chi connectivity index (χ4v) is 5.18. The lowest BCUT2D eigenvalue weighted by Crippen LogP contribution is -2.43. The molecule has 3 aromatic heterocycles. The molecule has 4 aromatic rings. The SMILES string of the molecule is CCOC(=O)c1sc2nc(CSCC(=O)NNC(=O)c3n[nH]c(=O)c4ccccc34)[nH]c(=O)c2c1C. The van der Waals surface area contributed by atoms with Crippen LogP contribution in [-0.4, -0.2) is 50.3 Å². The zero-order valence-electron chi connectivity index (χ0n) is 19.1. The first-order valence-electron chi connectivity index (χ1n) is 10.6. The molecule has 186 valence electrons. The van der Waals surface area contributed by atoms with Gasteiger partial charge in [-0.05, 0) is 25.5 Å². The molecule has 4 N–H and O–H groups in total. The minimum absolute atomic E-state index is 0.0401. The Balaban J connectivity index is 1.35. The Bertz CT molecular complexity index is 1610. The zero-order valence-corrected chi connectivity index (χ0v) is 20.7. The number of H-pyrrole nitrogens is 2. The molecule has 0 atom stereocenters. The lowest BCUT2D eigenvalue weighted by Gasteiger charge is -2.08. The lowest BCUT2D eigenvalue weighted by atomic mass is 10.1. The molecule has 0 bridgehead atoms. The van der Waals surface area contributed by atoms with Crippen LogP contribution in [-0.2, 0) is 15.3 Å². The van der Waals surface area contributed by atoms with Gasteiger partial charge in [-0.2, -0.15) is 5.10 Å². The number of thiophene rings is 1. The van der Waals surface area contributed by atoms with Crippen LogP contribution in [0, 0.1) is 6.92 Å². The van der Waals surface area contributed by atoms with E-state index in [2.05, 4.69) is 31.0 Å². The number of aromatic nitrogens is 4. The van der Waals surface area contributed by atoms with E-state index in [1.807, 2.05) is 0 Å². The normalized spacial score (nSPS) is 10.9. The van der Waals surface area contributed by atoms with Crippen LogP contribution < -0.4 is 22.0 Å². The summed E-state index contributed by atoms with van der Waals surface area (Å²) in [6.45, 7) is 3.59. The van der Waals surface area contributed by atoms with E-state index in [0.717, 1.165) is 23.1 Å². The number of amides is 2. The Hall–Kier alpha value is -4.04. The Morgan fingerprint density at radius 1 is 1.11 bits per heavy atom. The smallest absolute Gasteiger partial charge is 0.348 e. The van der Waals surface area contributed by atoms with Gasteiger partial charge in [0.25, 0.3) is 17.0 Å². The van der Waals surface area contributed by atoms with E-state index in [1.165, 1.54) is 0 Å². The van der Waals surface area contributed by atoms with Gasteiger partial charge in [-0.15, -0.1) is 23.1 Å². The third kappa shape index (κ3) is 5.13. The van der Waals surface area contributed by atoms with Gasteiger partial charge in [0.1, 0.15) is 15.5 Å². The van der Waals surface area contributed by atoms with Crippen molar-refractivity contribution in [3.63, 3.8) is 0 Å². The number of nitrogens with zero attached hydrogens (tertiary/aromatic N) is 2. The van der Waals surface area contributed by atoms with E-state index >= 15 is 0 Å². The summed E-state index contributed by atoms with van der Waals surface area (Å²) in [5.41, 5.74) is 4.23. The number of fused-ring (bicyclic) bond motifs is 2. The second-order valence-corrected chi connectivity index (χ2v) is 9.40. The van der Waals surface area contributed by atoms with Crippen LogP contribution in [0.1, 0.15) is 38.5 Å². The molecule has 0 aliphatic carbocycles. The summed E-state index contributed by atoms with van der Waals surface area (Å²) < 4.78 is 5.03. The number of hydrogen-bond donors (Lipinski definition) is 4. The Labute approximate surface area is 210 Å². The van der Waals surface area contributed by atoms with Crippen molar-refractivity contribution >= 4 is 61.9 Å². The van der Waals surface area contributed by atoms with Gasteiger partial charge in [0.2, 0.25) is 5.91 Å². The lowest BCUT2D eigenvalue weighted by molar-refractivity contribution is -0.119. The monoisotopic (exact) mass is 528 g/mol. The van der Waals surface area contributed by atoms with Crippen LogP contribution in [0.25, 0.3) is 21.0 Å². The largest absolute Gasteiger partial charge is 0.462 e. The Kier molecular flexibility index (Phi) is 7.45. The molecule has 0 aliphatic heterocycles. The topological polar surface area (TPSA) is 176 Å². The maximum atomic E-state index is 12.5. The van der Waals surface area contributed by atoms with Gasteiger partial charge < -0.3 is 9.72 Å². The van der Waals surface area contributed by atoms with Gasteiger partial charge in [-0.3, -0.25) is 30.0 Å². The highest BCUT2D eigenvalue weighted by Crippen LogP contribution is 2.28. The second kappa shape index (κ2) is 10.7. The van der Waals surface area contributed by atoms with E-state index in [4.69, 9.17) is 4.74 Å². The summed E-state index contributed by atoms with van der Waals surface area (Å²) in [5.74, 6) is -1.18. The fraction of sp³-hybridized carbons (Fsp3) is 0.227. The van der Waals surface area contributed by atoms with Gasteiger partial charge in [-0.1, -0.05) is 18.2 Å². The van der Waals surface area contributed by atoms with E-state index < -0.39 is 23.3 Å². The summed E-state index contributed by atoms with van der Waals surface area (Å²) in [5, 5.41) is 7.01. The molecule has 14 heteroatoms. The van der Waals surface area contributed by atoms with Crippen LogP contribution in [0.15, 0.2) is 33.9 Å². The average molecular weight is 529 g/mol. The number of rotatable bonds is 7. The van der Waals surface area contributed by atoms with E-state index in [-0.39, 0.29) is 29.4 Å². The molecule has 0 fully saturated rings. The second-order valence-electron chi connectivity index (χ2n) is 7.41. The molecule has 2 amide bonds. The Morgan fingerprint density at radius 3 is 2.61 bits per heavy atom. The van der Waals surface area contributed by atoms with Gasteiger partial charge in [0, 0.05) is 5.39 Å². The highest BCUT2D eigenvalue weighted by molar-refractivity contribution is 7.99. The summed E-state index contributed by atoms with van der Waals surface area (Å²) in [6, 6.07) is 6.48. The van der Waals surface area contributed by atoms with Crippen LogP contribution in [0.3, 0.4) is 0 Å². The number of hydrogen-bond acceptors (Lipinski definition) is 10. The number of aryl methyl sites for hydroxylation is 1. The van der Waals surface area contributed by atoms with Crippen molar-refractivity contribution in [1.29, 1.82) is 0 Å². The van der Waals surface area contributed by atoms with Crippen molar-refractivity contribution in [3.05, 3.63) is 66.9 Å². The first-order valence-corrected chi connectivity index (χ1v) is 12.6. The molecule has 3 heterocycles. The molecule has 36 heavy (non-hydrogen) atoms. The summed E-state index contributed by atoms with van der Waals surface area (Å²) in [4.78, 5) is 68.9. The molecule has 1 aromatic carbocycles. The van der Waals surface area contributed by atoms with Crippen LogP contribution in [0.2, 0.25) is 0 Å². The van der Waals surface area contributed by atoms with Crippen LogP contribution in [0.5, 0.6) is 0 Å². The quantitative estimate of drug-likeness (QED) is 0.204. The van der Waals surface area contributed by atoms with Crippen molar-refractivity contribution in [2.24, 2.45) is 0 Å². The fourth-order valence-electron chi connectivity index (χ4n) is 3.40. The standard InChI is InChI=1S/C22H20N6O6S2/c1-3-34-22(33)17-10(2)15-19(31)23-13(24-21(15)36-17)8-35-9-14(29)25-28-20(32)16-11-6-4-5-7-12(11)18(30)27-26-16/h4-7H,3,8-9H2,1-2H3,(H,25,29)(H,27,30)(H,28,32)(H,23,24,31). The molecule has 0 saturated carbocycles. The minimum atomic E-state index is -0.692. The number of carbonyl (C=O) groups is 3. The molecule has 4 rings (SSSR count). The number of nitrogens with one attached hydrogen (secondary N) is 4. The number of hydrazine groups is 1. The molecular formula is C22H20N6O6S2. The number of benzene rings is 1. The van der Waals surface area contributed by atoms with Gasteiger partial charge >= 0.3 is 5.97 Å². The first-order chi connectivity index (χ1) is 17.3. The van der Waals surface area contributed by atoms with Gasteiger partial charge in [-0.25, -0.2) is 14.9 Å². The van der Waals surface area contributed by atoms with E-state index in [0.29, 0.717) is 37.3 Å². The van der Waals surface area contributed by atoms with Crippen molar-refractivity contribution in [2.45, 2.75) is 19.6 Å². The van der Waals surface area contributed by atoms with Crippen molar-refractivity contribution in [2.75, 3.05) is 12.4 Å². The number of aromatic amines is 2. The number of ether oxygens (including phenoxy) is 1. The minimum Gasteiger partial charge on any atom is -0.462 e. The number of carbonyl (C=O) groups excluding carboxylic acids is 3. The van der Waals surface area contributed by atoms with Crippen LogP contribution >= 0.6 is 23.1 Å². The number of thioether (sulfide) groups is 1. The first kappa shape index (κ1) is 25.1. The zero-order chi connectivity index (χ0) is 25.8. The molecule has 12 nitrogen and oxygen atoms in total. The summed E-state index contributed by atoms with van der Waals surface area (Å²) in [7, 11) is 0. The predicted molar refractivity (Wildman–Crippen MR) is 135 cm³/mol. The molecule has 0 aliphatic rings. The van der Waals surface area contributed by atoms with Crippen molar-refractivity contribution in [3.8, 4) is 0 Å². The maximum absolute atomic E-state index is 12.5. The number of esters is 1. The maximum Gasteiger partial charge on any atom is 0.348 e. The van der Waals surface area contributed by atoms with Crippen molar-refractivity contribution in [1.82, 2.24) is 31.0 Å². The van der Waals surface area contributed by atoms with Gasteiger partial charge in [0.15, 0.2) is 5.69 Å². The summed E-state index contributed by atoms with van der Waals surface area (Å²) in [6.07, 6.45) is 0. The van der Waals surface area contributed by atoms with E-state index in [9.17, 15) is 24.0 Å². The van der Waals surface area contributed by atoms with Crippen LogP contribution in [0.4, 0.5) is 0 Å². The molecule has 0 radical (unpaired) electrons. The predicted octanol–water partition coefficient (Wildman–Crippen LogP) is 1.40. The molecule has 0 saturated heterocycles. The molecule has 0 spiro atoms. The highest BCUT2D eigenvalue weighted by atomic mass is 32.2. The highest BCUT2D eigenvalue weighted by Gasteiger charge is 2.20. The molecular weight excluding hydrogens is 508 g/mol. The Morgan fingerprint density at radius 2 is 1.86 bits per heavy atom. The average Bonchev–Trinajstić information content (AvgIpc) is 3.20. The third-order valence-electron chi connectivity index (χ3n) is 5.01. The van der Waals surface area contributed by atoms with Crippen molar-refractivity contribution < 1.29 is 19.1 Å². The van der Waals surface area contributed by atoms with E-state index in [1.54, 1.807) is 38.1 Å². The summed E-state index contributed by atoms with van der Waals surface area (Å²) >= 11 is 2.24. The van der Waals surface area contributed by atoms with Gasteiger partial charge in [0.05, 0.1) is 28.9 Å². The molecule has 0 unspecified atom stereocenters. The third-order valence-corrected chi connectivity index (χ3v) is 7.12.